The highest BCUT2D eigenvalue weighted by Gasteiger charge is 2.23. The minimum atomic E-state index is -3.40. The smallest absolute Gasteiger partial charge is 0.279 e. The van der Waals surface area contributed by atoms with Gasteiger partial charge in [-0.3, -0.25) is 0 Å². The first-order valence-corrected chi connectivity index (χ1v) is 6.47. The Bertz CT molecular complexity index is 411. The van der Waals surface area contributed by atoms with Gasteiger partial charge in [-0.05, 0) is 0 Å². The fraction of sp³-hybridized carbons (Fsp3) is 0.625. The second-order valence-electron chi connectivity index (χ2n) is 3.47. The first-order valence-electron chi connectivity index (χ1n) is 5.03. The summed E-state index contributed by atoms with van der Waals surface area (Å²) in [6.07, 6.45) is 1.41. The molecule has 0 amide bonds. The molecule has 0 aromatic carbocycles. The van der Waals surface area contributed by atoms with Crippen molar-refractivity contribution in [2.75, 3.05) is 26.2 Å². The zero-order chi connectivity index (χ0) is 11.4. The van der Waals surface area contributed by atoms with Crippen molar-refractivity contribution >= 4 is 10.2 Å². The highest BCUT2D eigenvalue weighted by atomic mass is 32.2. The second-order valence-corrected chi connectivity index (χ2v) is 5.22. The van der Waals surface area contributed by atoms with Gasteiger partial charge >= 0.3 is 0 Å². The van der Waals surface area contributed by atoms with Crippen LogP contribution in [0.2, 0.25) is 0 Å². The third-order valence-electron chi connectivity index (χ3n) is 2.34. The van der Waals surface area contributed by atoms with E-state index in [1.807, 2.05) is 0 Å². The molecule has 0 aliphatic carbocycles. The maximum Gasteiger partial charge on any atom is 0.279 e. The van der Waals surface area contributed by atoms with E-state index in [-0.39, 0.29) is 6.54 Å². The Morgan fingerprint density at radius 3 is 2.88 bits per heavy atom. The first-order chi connectivity index (χ1) is 7.68. The van der Waals surface area contributed by atoms with Gasteiger partial charge in [-0.1, -0.05) is 5.16 Å². The second kappa shape index (κ2) is 4.91. The monoisotopic (exact) mass is 246 g/mol. The maximum absolute atomic E-state index is 11.8. The summed E-state index contributed by atoms with van der Waals surface area (Å²) in [6.45, 7) is 2.51. The molecule has 0 radical (unpaired) electrons. The van der Waals surface area contributed by atoms with Gasteiger partial charge in [0.15, 0.2) is 0 Å². The van der Waals surface area contributed by atoms with Crippen molar-refractivity contribution in [3.8, 4) is 0 Å². The third kappa shape index (κ3) is 2.79. The summed E-state index contributed by atoms with van der Waals surface area (Å²) < 4.78 is 32.1. The largest absolute Gasteiger partial charge is 0.364 e. The van der Waals surface area contributed by atoms with Gasteiger partial charge in [-0.2, -0.15) is 17.4 Å². The summed E-state index contributed by atoms with van der Waals surface area (Å²) in [5.74, 6) is 0. The summed E-state index contributed by atoms with van der Waals surface area (Å²) in [7, 11) is -3.40. The molecule has 1 saturated heterocycles. The maximum atomic E-state index is 11.8. The predicted molar refractivity (Wildman–Crippen MR) is 56.7 cm³/mol. The molecule has 8 heteroatoms. The summed E-state index contributed by atoms with van der Waals surface area (Å²) in [4.78, 5) is 0. The van der Waals surface area contributed by atoms with E-state index in [2.05, 4.69) is 19.7 Å². The topological polar surface area (TPSA) is 87.5 Å². The van der Waals surface area contributed by atoms with E-state index in [1.165, 1.54) is 10.6 Å². The zero-order valence-electron chi connectivity index (χ0n) is 8.72. The lowest BCUT2D eigenvalue weighted by molar-refractivity contribution is 0.354. The number of rotatable bonds is 4. The summed E-state index contributed by atoms with van der Waals surface area (Å²) >= 11 is 0. The highest BCUT2D eigenvalue weighted by Crippen LogP contribution is 2.01. The van der Waals surface area contributed by atoms with Crippen molar-refractivity contribution in [2.45, 2.75) is 6.54 Å². The molecular formula is C8H14N4O3S. The number of piperazine rings is 1. The lowest BCUT2D eigenvalue weighted by atomic mass is 10.4. The van der Waals surface area contributed by atoms with Crippen LogP contribution in [0.5, 0.6) is 0 Å². The van der Waals surface area contributed by atoms with E-state index < -0.39 is 10.2 Å². The average molecular weight is 246 g/mol. The summed E-state index contributed by atoms with van der Waals surface area (Å²) in [5.41, 5.74) is 0.568. The van der Waals surface area contributed by atoms with Crippen LogP contribution in [0.25, 0.3) is 0 Å². The zero-order valence-corrected chi connectivity index (χ0v) is 9.53. The molecule has 0 unspecified atom stereocenters. The van der Waals surface area contributed by atoms with Gasteiger partial charge < -0.3 is 9.84 Å². The Balaban J connectivity index is 1.91. The molecule has 1 fully saturated rings. The normalized spacial score (nSPS) is 18.8. The van der Waals surface area contributed by atoms with Crippen molar-refractivity contribution < 1.29 is 12.9 Å². The van der Waals surface area contributed by atoms with Crippen LogP contribution in [0.15, 0.2) is 16.9 Å². The Morgan fingerprint density at radius 2 is 2.25 bits per heavy atom. The van der Waals surface area contributed by atoms with Gasteiger partial charge in [0.25, 0.3) is 10.2 Å². The number of hydrogen-bond acceptors (Lipinski definition) is 5. The molecule has 2 rings (SSSR count). The van der Waals surface area contributed by atoms with E-state index in [0.717, 1.165) is 0 Å². The van der Waals surface area contributed by atoms with Crippen LogP contribution in [0.4, 0.5) is 0 Å². The van der Waals surface area contributed by atoms with Gasteiger partial charge in [0.2, 0.25) is 0 Å². The molecule has 0 atom stereocenters. The Labute approximate surface area is 94.0 Å². The van der Waals surface area contributed by atoms with Crippen molar-refractivity contribution in [1.82, 2.24) is 19.5 Å². The number of nitrogens with one attached hydrogen (secondary N) is 2. The summed E-state index contributed by atoms with van der Waals surface area (Å²) in [6, 6.07) is 1.63. The van der Waals surface area contributed by atoms with Crippen molar-refractivity contribution in [1.29, 1.82) is 0 Å². The van der Waals surface area contributed by atoms with Crippen LogP contribution in [0.1, 0.15) is 5.69 Å². The fourth-order valence-electron chi connectivity index (χ4n) is 1.47. The van der Waals surface area contributed by atoms with Gasteiger partial charge in [-0.15, -0.1) is 0 Å². The molecule has 2 N–H and O–H groups in total. The lowest BCUT2D eigenvalue weighted by Gasteiger charge is -2.26. The highest BCUT2D eigenvalue weighted by molar-refractivity contribution is 7.87. The SMILES string of the molecule is O=S(=O)(NCc1ccon1)N1CCNCC1. The minimum Gasteiger partial charge on any atom is -0.364 e. The molecule has 16 heavy (non-hydrogen) atoms. The van der Waals surface area contributed by atoms with Gasteiger partial charge in [0.05, 0.1) is 12.2 Å². The molecule has 0 saturated carbocycles. The van der Waals surface area contributed by atoms with Gasteiger partial charge in [0.1, 0.15) is 6.26 Å². The van der Waals surface area contributed by atoms with Crippen LogP contribution in [0.3, 0.4) is 0 Å². The molecule has 0 bridgehead atoms. The number of aromatic nitrogens is 1. The number of hydrogen-bond donors (Lipinski definition) is 2. The Kier molecular flexibility index (Phi) is 3.54. The van der Waals surface area contributed by atoms with Crippen LogP contribution in [-0.4, -0.2) is 44.1 Å². The lowest BCUT2D eigenvalue weighted by Crippen LogP contribution is -2.50. The molecule has 1 aromatic heterocycles. The van der Waals surface area contributed by atoms with Gasteiger partial charge in [-0.25, -0.2) is 0 Å². The van der Waals surface area contributed by atoms with E-state index in [0.29, 0.717) is 31.9 Å². The Hall–Kier alpha value is -0.960. The van der Waals surface area contributed by atoms with E-state index >= 15 is 0 Å². The molecule has 7 nitrogen and oxygen atoms in total. The van der Waals surface area contributed by atoms with Crippen molar-refractivity contribution in [3.05, 3.63) is 18.0 Å². The standard InChI is InChI=1S/C8H14N4O3S/c13-16(14,12-4-2-9-3-5-12)10-7-8-1-6-15-11-8/h1,6,9-10H,2-5,7H2. The Morgan fingerprint density at radius 1 is 1.50 bits per heavy atom. The van der Waals surface area contributed by atoms with E-state index in [4.69, 9.17) is 0 Å². The summed E-state index contributed by atoms with van der Waals surface area (Å²) in [5, 5.41) is 6.73. The molecule has 1 aromatic rings. The van der Waals surface area contributed by atoms with E-state index in [9.17, 15) is 8.42 Å². The van der Waals surface area contributed by atoms with Crippen LogP contribution in [0, 0.1) is 0 Å². The average Bonchev–Trinajstić information content (AvgIpc) is 2.81. The van der Waals surface area contributed by atoms with Crippen LogP contribution in [-0.2, 0) is 16.8 Å². The van der Waals surface area contributed by atoms with Crippen LogP contribution < -0.4 is 10.0 Å². The molecular weight excluding hydrogens is 232 g/mol. The molecule has 0 spiro atoms. The molecule has 1 aliphatic heterocycles. The van der Waals surface area contributed by atoms with Crippen molar-refractivity contribution in [3.63, 3.8) is 0 Å². The minimum absolute atomic E-state index is 0.156. The van der Waals surface area contributed by atoms with Gasteiger partial charge in [0, 0.05) is 32.2 Å². The third-order valence-corrected chi connectivity index (χ3v) is 3.90. The molecule has 2 heterocycles. The predicted octanol–water partition coefficient (Wildman–Crippen LogP) is -1.09. The molecule has 90 valence electrons. The first kappa shape index (κ1) is 11.5. The molecule has 1 aliphatic rings. The fourth-order valence-corrected chi connectivity index (χ4v) is 2.65. The van der Waals surface area contributed by atoms with Crippen molar-refractivity contribution in [2.24, 2.45) is 0 Å². The quantitative estimate of drug-likeness (QED) is 0.705. The van der Waals surface area contributed by atoms with Crippen LogP contribution >= 0.6 is 0 Å². The number of nitrogens with zero attached hydrogens (tertiary/aromatic N) is 2. The van der Waals surface area contributed by atoms with E-state index in [1.54, 1.807) is 6.07 Å².